The molecule has 0 aromatic heterocycles. The Morgan fingerprint density at radius 3 is 3.11 bits per heavy atom. The molecule has 2 rings (SSSR count). The van der Waals surface area contributed by atoms with Crippen LogP contribution in [0.15, 0.2) is 24.3 Å². The van der Waals surface area contributed by atoms with Crippen LogP contribution in [0.25, 0.3) is 0 Å². The Morgan fingerprint density at radius 2 is 2.42 bits per heavy atom. The lowest BCUT2D eigenvalue weighted by molar-refractivity contribution is -0.115. The topological polar surface area (TPSA) is 50.4 Å². The summed E-state index contributed by atoms with van der Waals surface area (Å²) >= 11 is 5.86. The molecule has 0 bridgehead atoms. The van der Waals surface area contributed by atoms with Crippen molar-refractivity contribution in [3.63, 3.8) is 0 Å². The first-order valence-electron chi connectivity index (χ1n) is 6.51. The standard InChI is InChI=1S/C14H19ClN2O2/c1-10(11-5-6-19-9-11)16-8-14(18)17-13-4-2-3-12(15)7-13/h2-4,7,10-11,16H,5-6,8-9H2,1H3,(H,17,18). The highest BCUT2D eigenvalue weighted by Gasteiger charge is 2.22. The minimum atomic E-state index is -0.0620. The molecule has 2 unspecified atom stereocenters. The number of hydrogen-bond acceptors (Lipinski definition) is 3. The summed E-state index contributed by atoms with van der Waals surface area (Å²) in [6.45, 7) is 3.99. The number of hydrogen-bond donors (Lipinski definition) is 2. The van der Waals surface area contributed by atoms with Crippen LogP contribution in [0.3, 0.4) is 0 Å². The van der Waals surface area contributed by atoms with Crippen LogP contribution in [0.5, 0.6) is 0 Å². The lowest BCUT2D eigenvalue weighted by Crippen LogP contribution is -2.39. The van der Waals surface area contributed by atoms with Crippen molar-refractivity contribution >= 4 is 23.2 Å². The number of carbonyl (C=O) groups excluding carboxylic acids is 1. The van der Waals surface area contributed by atoms with Crippen molar-refractivity contribution in [2.45, 2.75) is 19.4 Å². The van der Waals surface area contributed by atoms with Gasteiger partial charge in [-0.1, -0.05) is 17.7 Å². The summed E-state index contributed by atoms with van der Waals surface area (Å²) in [4.78, 5) is 11.8. The van der Waals surface area contributed by atoms with Gasteiger partial charge in [-0.25, -0.2) is 0 Å². The van der Waals surface area contributed by atoms with Crippen LogP contribution < -0.4 is 10.6 Å². The maximum Gasteiger partial charge on any atom is 0.238 e. The maximum atomic E-state index is 11.8. The van der Waals surface area contributed by atoms with Crippen LogP contribution in [-0.4, -0.2) is 31.7 Å². The van der Waals surface area contributed by atoms with Gasteiger partial charge < -0.3 is 15.4 Å². The first-order chi connectivity index (χ1) is 9.15. The molecule has 0 spiro atoms. The molecule has 4 nitrogen and oxygen atoms in total. The normalized spacial score (nSPS) is 20.2. The van der Waals surface area contributed by atoms with Crippen molar-refractivity contribution in [2.24, 2.45) is 5.92 Å². The van der Waals surface area contributed by atoms with Crippen LogP contribution in [-0.2, 0) is 9.53 Å². The zero-order chi connectivity index (χ0) is 13.7. The van der Waals surface area contributed by atoms with E-state index in [0.29, 0.717) is 17.5 Å². The highest BCUT2D eigenvalue weighted by Crippen LogP contribution is 2.16. The van der Waals surface area contributed by atoms with E-state index < -0.39 is 0 Å². The average molecular weight is 283 g/mol. The second-order valence-corrected chi connectivity index (χ2v) is 5.29. The van der Waals surface area contributed by atoms with E-state index in [2.05, 4.69) is 17.6 Å². The van der Waals surface area contributed by atoms with Crippen molar-refractivity contribution in [3.8, 4) is 0 Å². The van der Waals surface area contributed by atoms with Gasteiger partial charge in [0, 0.05) is 23.4 Å². The van der Waals surface area contributed by atoms with Crippen molar-refractivity contribution in [1.29, 1.82) is 0 Å². The number of anilines is 1. The molecule has 0 radical (unpaired) electrons. The van der Waals surface area contributed by atoms with Crippen LogP contribution in [0.2, 0.25) is 5.02 Å². The molecule has 1 aromatic rings. The second-order valence-electron chi connectivity index (χ2n) is 4.85. The summed E-state index contributed by atoms with van der Waals surface area (Å²) in [6.07, 6.45) is 1.06. The minimum Gasteiger partial charge on any atom is -0.381 e. The Kier molecular flexibility index (Phi) is 5.19. The lowest BCUT2D eigenvalue weighted by atomic mass is 10.0. The molecule has 1 aliphatic rings. The quantitative estimate of drug-likeness (QED) is 0.871. The molecule has 5 heteroatoms. The summed E-state index contributed by atoms with van der Waals surface area (Å²) < 4.78 is 5.34. The van der Waals surface area contributed by atoms with Gasteiger partial charge in [0.2, 0.25) is 5.91 Å². The fraction of sp³-hybridized carbons (Fsp3) is 0.500. The Bertz CT molecular complexity index is 433. The number of carbonyl (C=O) groups is 1. The molecular formula is C14H19ClN2O2. The minimum absolute atomic E-state index is 0.0620. The van der Waals surface area contributed by atoms with Crippen LogP contribution >= 0.6 is 11.6 Å². The molecule has 19 heavy (non-hydrogen) atoms. The second kappa shape index (κ2) is 6.89. The first kappa shape index (κ1) is 14.3. The summed E-state index contributed by atoms with van der Waals surface area (Å²) in [6, 6.07) is 7.42. The highest BCUT2D eigenvalue weighted by molar-refractivity contribution is 6.30. The van der Waals surface area contributed by atoms with Gasteiger partial charge in [-0.3, -0.25) is 4.79 Å². The van der Waals surface area contributed by atoms with Crippen molar-refractivity contribution in [1.82, 2.24) is 5.32 Å². The third kappa shape index (κ3) is 4.49. The monoisotopic (exact) mass is 282 g/mol. The van der Waals surface area contributed by atoms with Gasteiger partial charge >= 0.3 is 0 Å². The Hall–Kier alpha value is -1.10. The predicted molar refractivity (Wildman–Crippen MR) is 76.5 cm³/mol. The van der Waals surface area contributed by atoms with E-state index >= 15 is 0 Å². The fourth-order valence-corrected chi connectivity index (χ4v) is 2.33. The summed E-state index contributed by atoms with van der Waals surface area (Å²) in [7, 11) is 0. The molecule has 2 atom stereocenters. The Labute approximate surface area is 118 Å². The van der Waals surface area contributed by atoms with Crippen LogP contribution in [0, 0.1) is 5.92 Å². The zero-order valence-electron chi connectivity index (χ0n) is 11.0. The van der Waals surface area contributed by atoms with Gasteiger partial charge in [0.15, 0.2) is 0 Å². The fourth-order valence-electron chi connectivity index (χ4n) is 2.14. The largest absolute Gasteiger partial charge is 0.381 e. The van der Waals surface area contributed by atoms with Gasteiger partial charge in [-0.05, 0) is 37.5 Å². The number of nitrogens with one attached hydrogen (secondary N) is 2. The van der Waals surface area contributed by atoms with E-state index in [1.807, 2.05) is 12.1 Å². The molecule has 0 aliphatic carbocycles. The van der Waals surface area contributed by atoms with Crippen molar-refractivity contribution in [3.05, 3.63) is 29.3 Å². The average Bonchev–Trinajstić information content (AvgIpc) is 2.90. The summed E-state index contributed by atoms with van der Waals surface area (Å²) in [5.74, 6) is 0.437. The maximum absolute atomic E-state index is 11.8. The van der Waals surface area contributed by atoms with E-state index in [0.717, 1.165) is 25.3 Å². The van der Waals surface area contributed by atoms with E-state index in [4.69, 9.17) is 16.3 Å². The zero-order valence-corrected chi connectivity index (χ0v) is 11.7. The van der Waals surface area contributed by atoms with E-state index in [1.54, 1.807) is 12.1 Å². The van der Waals surface area contributed by atoms with Crippen LogP contribution in [0.4, 0.5) is 5.69 Å². The van der Waals surface area contributed by atoms with E-state index in [1.165, 1.54) is 0 Å². The molecule has 1 aromatic carbocycles. The molecule has 1 aliphatic heterocycles. The van der Waals surface area contributed by atoms with Gasteiger partial charge in [-0.15, -0.1) is 0 Å². The number of ether oxygens (including phenoxy) is 1. The number of rotatable bonds is 5. The third-order valence-corrected chi connectivity index (χ3v) is 3.60. The SMILES string of the molecule is CC(NCC(=O)Nc1cccc(Cl)c1)C1CCOC1. The predicted octanol–water partition coefficient (Wildman–Crippen LogP) is 2.29. The molecule has 1 fully saturated rings. The number of halogens is 1. The molecule has 104 valence electrons. The Morgan fingerprint density at radius 1 is 1.58 bits per heavy atom. The molecule has 1 heterocycles. The first-order valence-corrected chi connectivity index (χ1v) is 6.89. The number of benzene rings is 1. The third-order valence-electron chi connectivity index (χ3n) is 3.36. The lowest BCUT2D eigenvalue weighted by Gasteiger charge is -2.18. The molecule has 2 N–H and O–H groups in total. The van der Waals surface area contributed by atoms with E-state index in [-0.39, 0.29) is 11.9 Å². The van der Waals surface area contributed by atoms with Gasteiger partial charge in [-0.2, -0.15) is 0 Å². The molecule has 1 saturated heterocycles. The smallest absolute Gasteiger partial charge is 0.238 e. The molecular weight excluding hydrogens is 264 g/mol. The van der Waals surface area contributed by atoms with Crippen LogP contribution in [0.1, 0.15) is 13.3 Å². The summed E-state index contributed by atoms with van der Waals surface area (Å²) in [5, 5.41) is 6.66. The van der Waals surface area contributed by atoms with Gasteiger partial charge in [0.25, 0.3) is 0 Å². The molecule has 1 amide bonds. The molecule has 0 saturated carbocycles. The highest BCUT2D eigenvalue weighted by atomic mass is 35.5. The Balaban J connectivity index is 1.75. The van der Waals surface area contributed by atoms with E-state index in [9.17, 15) is 4.79 Å². The van der Waals surface area contributed by atoms with Crippen molar-refractivity contribution < 1.29 is 9.53 Å². The van der Waals surface area contributed by atoms with Crippen molar-refractivity contribution in [2.75, 3.05) is 25.1 Å². The van der Waals surface area contributed by atoms with Gasteiger partial charge in [0.05, 0.1) is 13.2 Å². The number of amides is 1. The van der Waals surface area contributed by atoms with Gasteiger partial charge in [0.1, 0.15) is 0 Å². The summed E-state index contributed by atoms with van der Waals surface area (Å²) in [5.41, 5.74) is 0.719.